The standard InChI is InChI=1S/C14H7F6N/c15-7-3-1-6(2-4-7)8-5-21(8)14-12(19)10(17)9(16)11(18)13(14)20/h1-4,8H,5H2/t8-,21?/m1/s1. The summed E-state index contributed by atoms with van der Waals surface area (Å²) < 4.78 is 79.3. The van der Waals surface area contributed by atoms with Crippen LogP contribution in [0.25, 0.3) is 0 Å². The molecule has 110 valence electrons. The summed E-state index contributed by atoms with van der Waals surface area (Å²) in [6, 6.07) is 4.56. The smallest absolute Gasteiger partial charge is 0.200 e. The molecule has 0 N–H and O–H groups in total. The third-order valence-corrected chi connectivity index (χ3v) is 3.34. The number of hydrogen-bond acceptors (Lipinski definition) is 1. The molecule has 1 aliphatic rings. The average molecular weight is 303 g/mol. The van der Waals surface area contributed by atoms with E-state index in [0.29, 0.717) is 5.56 Å². The molecular formula is C14H7F6N. The Hall–Kier alpha value is -2.18. The molecule has 0 amide bonds. The van der Waals surface area contributed by atoms with Gasteiger partial charge in [-0.1, -0.05) is 12.1 Å². The van der Waals surface area contributed by atoms with Crippen molar-refractivity contribution in [1.82, 2.24) is 0 Å². The Labute approximate surface area is 115 Å². The molecule has 0 unspecified atom stereocenters. The second-order valence-corrected chi connectivity index (χ2v) is 4.64. The van der Waals surface area contributed by atoms with Crippen molar-refractivity contribution >= 4 is 5.69 Å². The molecule has 21 heavy (non-hydrogen) atoms. The molecule has 1 atom stereocenters. The molecule has 1 nitrogen and oxygen atoms in total. The maximum Gasteiger partial charge on any atom is 0.200 e. The number of benzene rings is 2. The van der Waals surface area contributed by atoms with Crippen LogP contribution in [-0.2, 0) is 0 Å². The molecular weight excluding hydrogens is 296 g/mol. The summed E-state index contributed by atoms with van der Waals surface area (Å²) in [6.07, 6.45) is 0. The number of hydrogen-bond donors (Lipinski definition) is 0. The highest BCUT2D eigenvalue weighted by molar-refractivity contribution is 5.59. The van der Waals surface area contributed by atoms with Crippen LogP contribution in [0, 0.1) is 34.9 Å². The molecule has 1 aliphatic heterocycles. The molecule has 1 saturated heterocycles. The Morgan fingerprint density at radius 2 is 1.19 bits per heavy atom. The Bertz CT molecular complexity index is 683. The minimum absolute atomic E-state index is 0.0873. The number of anilines is 1. The van der Waals surface area contributed by atoms with Gasteiger partial charge >= 0.3 is 0 Å². The molecule has 0 radical (unpaired) electrons. The zero-order chi connectivity index (χ0) is 15.3. The third kappa shape index (κ3) is 2.12. The molecule has 0 aromatic heterocycles. The van der Waals surface area contributed by atoms with E-state index in [4.69, 9.17) is 0 Å². The van der Waals surface area contributed by atoms with Crippen LogP contribution in [0.15, 0.2) is 24.3 Å². The normalized spacial score (nSPS) is 17.2. The van der Waals surface area contributed by atoms with E-state index in [1.165, 1.54) is 12.1 Å². The molecule has 2 aromatic carbocycles. The molecule has 0 spiro atoms. The quantitative estimate of drug-likeness (QED) is 0.350. The van der Waals surface area contributed by atoms with Crippen molar-refractivity contribution in [3.05, 3.63) is 64.7 Å². The van der Waals surface area contributed by atoms with Crippen molar-refractivity contribution in [3.8, 4) is 0 Å². The summed E-state index contributed by atoms with van der Waals surface area (Å²) in [5, 5.41) is 0. The Balaban J connectivity index is 1.99. The van der Waals surface area contributed by atoms with Crippen LogP contribution in [0.3, 0.4) is 0 Å². The number of nitrogens with zero attached hydrogens (tertiary/aromatic N) is 1. The molecule has 2 aromatic rings. The van der Waals surface area contributed by atoms with Crippen molar-refractivity contribution in [2.75, 3.05) is 11.4 Å². The number of halogens is 6. The molecule has 3 rings (SSSR count). The van der Waals surface area contributed by atoms with Gasteiger partial charge in [-0.2, -0.15) is 0 Å². The molecule has 7 heteroatoms. The topological polar surface area (TPSA) is 3.01 Å². The fourth-order valence-corrected chi connectivity index (χ4v) is 2.20. The SMILES string of the molecule is Fc1ccc([C@H]2CN2c2c(F)c(F)c(F)c(F)c2F)cc1. The summed E-state index contributed by atoms with van der Waals surface area (Å²) >= 11 is 0. The number of rotatable bonds is 2. The lowest BCUT2D eigenvalue weighted by Gasteiger charge is -2.11. The van der Waals surface area contributed by atoms with E-state index in [9.17, 15) is 26.3 Å². The fraction of sp³-hybridized carbons (Fsp3) is 0.143. The lowest BCUT2D eigenvalue weighted by atomic mass is 10.1. The first-order valence-electron chi connectivity index (χ1n) is 5.95. The second kappa shape index (κ2) is 4.68. The van der Waals surface area contributed by atoms with Crippen LogP contribution in [0.2, 0.25) is 0 Å². The molecule has 0 bridgehead atoms. The van der Waals surface area contributed by atoms with E-state index in [-0.39, 0.29) is 6.54 Å². The van der Waals surface area contributed by atoms with Gasteiger partial charge in [-0.05, 0) is 17.7 Å². The molecule has 0 aliphatic carbocycles. The molecule has 0 saturated carbocycles. The highest BCUT2D eigenvalue weighted by Gasteiger charge is 2.41. The Kier molecular flexibility index (Phi) is 3.07. The van der Waals surface area contributed by atoms with Crippen LogP contribution >= 0.6 is 0 Å². The summed E-state index contributed by atoms with van der Waals surface area (Å²) in [5.41, 5.74) is -0.430. The van der Waals surface area contributed by atoms with Gasteiger partial charge in [-0.15, -0.1) is 0 Å². The summed E-state index contributed by atoms with van der Waals surface area (Å²) in [7, 11) is 0. The van der Waals surface area contributed by atoms with Gasteiger partial charge in [0.2, 0.25) is 5.82 Å². The van der Waals surface area contributed by atoms with Gasteiger partial charge in [-0.25, -0.2) is 26.3 Å². The monoisotopic (exact) mass is 303 g/mol. The first-order valence-corrected chi connectivity index (χ1v) is 5.95. The fourth-order valence-electron chi connectivity index (χ4n) is 2.20. The minimum Gasteiger partial charge on any atom is -0.355 e. The van der Waals surface area contributed by atoms with E-state index in [2.05, 4.69) is 0 Å². The van der Waals surface area contributed by atoms with Gasteiger partial charge in [0, 0.05) is 6.54 Å². The zero-order valence-corrected chi connectivity index (χ0v) is 10.3. The van der Waals surface area contributed by atoms with Crippen LogP contribution in [0.1, 0.15) is 11.6 Å². The highest BCUT2D eigenvalue weighted by Crippen LogP contribution is 2.43. The van der Waals surface area contributed by atoms with Crippen LogP contribution in [-0.4, -0.2) is 6.54 Å². The minimum atomic E-state index is -2.19. The lowest BCUT2D eigenvalue weighted by molar-refractivity contribution is 0.380. The van der Waals surface area contributed by atoms with Crippen molar-refractivity contribution < 1.29 is 26.3 Å². The van der Waals surface area contributed by atoms with E-state index in [0.717, 1.165) is 17.0 Å². The van der Waals surface area contributed by atoms with Gasteiger partial charge < -0.3 is 4.90 Å². The van der Waals surface area contributed by atoms with Crippen molar-refractivity contribution in [2.24, 2.45) is 0 Å². The van der Waals surface area contributed by atoms with Crippen molar-refractivity contribution in [2.45, 2.75) is 6.04 Å². The van der Waals surface area contributed by atoms with Crippen molar-refractivity contribution in [3.63, 3.8) is 0 Å². The van der Waals surface area contributed by atoms with Gasteiger partial charge in [0.05, 0.1) is 6.04 Å². The van der Waals surface area contributed by atoms with Crippen molar-refractivity contribution in [1.29, 1.82) is 0 Å². The van der Waals surface area contributed by atoms with E-state index < -0.39 is 46.6 Å². The second-order valence-electron chi connectivity index (χ2n) is 4.64. The van der Waals surface area contributed by atoms with Gasteiger partial charge in [0.25, 0.3) is 0 Å². The predicted molar refractivity (Wildman–Crippen MR) is 62.7 cm³/mol. The predicted octanol–water partition coefficient (Wildman–Crippen LogP) is 4.08. The summed E-state index contributed by atoms with van der Waals surface area (Å²) in [4.78, 5) is 1.03. The van der Waals surface area contributed by atoms with E-state index >= 15 is 0 Å². The van der Waals surface area contributed by atoms with Gasteiger partial charge in [-0.3, -0.25) is 0 Å². The van der Waals surface area contributed by atoms with Crippen LogP contribution in [0.4, 0.5) is 32.0 Å². The maximum absolute atomic E-state index is 13.6. The Morgan fingerprint density at radius 3 is 1.71 bits per heavy atom. The lowest BCUT2D eigenvalue weighted by Crippen LogP contribution is -2.08. The first kappa shape index (κ1) is 13.8. The summed E-state index contributed by atoms with van der Waals surface area (Å²) in [5.74, 6) is -10.4. The first-order chi connectivity index (χ1) is 9.91. The summed E-state index contributed by atoms with van der Waals surface area (Å²) in [6.45, 7) is 0.0873. The Morgan fingerprint density at radius 1 is 0.714 bits per heavy atom. The largest absolute Gasteiger partial charge is 0.355 e. The van der Waals surface area contributed by atoms with E-state index in [1.54, 1.807) is 0 Å². The third-order valence-electron chi connectivity index (χ3n) is 3.34. The highest BCUT2D eigenvalue weighted by atomic mass is 19.2. The van der Waals surface area contributed by atoms with Gasteiger partial charge in [0.15, 0.2) is 23.3 Å². The zero-order valence-electron chi connectivity index (χ0n) is 10.3. The van der Waals surface area contributed by atoms with Crippen LogP contribution < -0.4 is 4.90 Å². The maximum atomic E-state index is 13.6. The average Bonchev–Trinajstić information content (AvgIpc) is 3.24. The molecule has 1 fully saturated rings. The van der Waals surface area contributed by atoms with Gasteiger partial charge in [0.1, 0.15) is 11.5 Å². The molecule has 1 heterocycles. The van der Waals surface area contributed by atoms with E-state index in [1.807, 2.05) is 0 Å². The van der Waals surface area contributed by atoms with Crippen LogP contribution in [0.5, 0.6) is 0 Å².